The Bertz CT molecular complexity index is 173. The molecule has 0 amide bonds. The van der Waals surface area contributed by atoms with E-state index in [1.54, 1.807) is 0 Å². The fourth-order valence-corrected chi connectivity index (χ4v) is 1.17. The van der Waals surface area contributed by atoms with Crippen molar-refractivity contribution >= 4 is 0 Å². The smallest absolute Gasteiger partial charge is 0.0580 e. The van der Waals surface area contributed by atoms with E-state index >= 15 is 0 Å². The van der Waals surface area contributed by atoms with Gasteiger partial charge in [-0.05, 0) is 34.1 Å². The van der Waals surface area contributed by atoms with Gasteiger partial charge in [0.2, 0.25) is 0 Å². The second-order valence-electron chi connectivity index (χ2n) is 3.71. The third-order valence-electron chi connectivity index (χ3n) is 2.00. The van der Waals surface area contributed by atoms with Crippen molar-refractivity contribution in [2.45, 2.75) is 40.2 Å². The molecular weight excluding hydrogens is 148 g/mol. The molecule has 0 fully saturated rings. The lowest BCUT2D eigenvalue weighted by Crippen LogP contribution is -2.16. The van der Waals surface area contributed by atoms with Crippen LogP contribution in [0.3, 0.4) is 0 Å². The molecule has 0 heterocycles. The Morgan fingerprint density at radius 1 is 1.42 bits per heavy atom. The Morgan fingerprint density at radius 3 is 2.17 bits per heavy atom. The van der Waals surface area contributed by atoms with E-state index < -0.39 is 0 Å². The Kier molecular flexibility index (Phi) is 4.91. The zero-order chi connectivity index (χ0) is 9.72. The normalized spacial score (nSPS) is 15.1. The Balaban J connectivity index is 4.15. The minimum atomic E-state index is -0.293. The van der Waals surface area contributed by atoms with Crippen LogP contribution in [0.2, 0.25) is 0 Å². The molecule has 1 heteroatoms. The molecule has 0 aromatic carbocycles. The first-order valence-corrected chi connectivity index (χ1v) is 4.42. The van der Waals surface area contributed by atoms with Gasteiger partial charge >= 0.3 is 0 Å². The number of allylic oxidation sites excluding steroid dienone is 2. The largest absolute Gasteiger partial charge is 0.393 e. The van der Waals surface area contributed by atoms with Crippen LogP contribution in [0, 0.1) is 5.92 Å². The van der Waals surface area contributed by atoms with Gasteiger partial charge in [-0.25, -0.2) is 0 Å². The van der Waals surface area contributed by atoms with Crippen LogP contribution in [0.4, 0.5) is 0 Å². The van der Waals surface area contributed by atoms with Crippen LogP contribution in [0.15, 0.2) is 23.8 Å². The monoisotopic (exact) mass is 168 g/mol. The summed E-state index contributed by atoms with van der Waals surface area (Å²) in [5.74, 6) is 0.208. The summed E-state index contributed by atoms with van der Waals surface area (Å²) < 4.78 is 0. The van der Waals surface area contributed by atoms with Crippen LogP contribution in [-0.4, -0.2) is 11.2 Å². The maximum absolute atomic E-state index is 9.41. The molecule has 2 atom stereocenters. The predicted molar refractivity (Wildman–Crippen MR) is 54.0 cm³/mol. The molecule has 70 valence electrons. The first kappa shape index (κ1) is 11.4. The Hall–Kier alpha value is -0.560. The lowest BCUT2D eigenvalue weighted by molar-refractivity contribution is 0.145. The first-order chi connectivity index (χ1) is 5.45. The van der Waals surface area contributed by atoms with E-state index in [2.05, 4.69) is 26.5 Å². The second-order valence-corrected chi connectivity index (χ2v) is 3.71. The van der Waals surface area contributed by atoms with Crippen molar-refractivity contribution in [1.82, 2.24) is 0 Å². The van der Waals surface area contributed by atoms with Gasteiger partial charge in [0.1, 0.15) is 0 Å². The van der Waals surface area contributed by atoms with Crippen molar-refractivity contribution in [3.8, 4) is 0 Å². The molecular formula is C11H20O. The van der Waals surface area contributed by atoms with Crippen LogP contribution in [0.1, 0.15) is 34.1 Å². The summed E-state index contributed by atoms with van der Waals surface area (Å²) in [6, 6.07) is 0. The van der Waals surface area contributed by atoms with E-state index in [1.165, 1.54) is 5.57 Å². The highest BCUT2D eigenvalue weighted by Gasteiger charge is 2.13. The maximum Gasteiger partial charge on any atom is 0.0580 e. The molecule has 0 aromatic rings. The van der Waals surface area contributed by atoms with E-state index in [-0.39, 0.29) is 12.0 Å². The average Bonchev–Trinajstić information content (AvgIpc) is 1.84. The summed E-state index contributed by atoms with van der Waals surface area (Å²) in [5, 5.41) is 9.41. The summed E-state index contributed by atoms with van der Waals surface area (Å²) in [7, 11) is 0. The minimum Gasteiger partial charge on any atom is -0.393 e. The molecule has 0 rings (SSSR count). The highest BCUT2D eigenvalue weighted by Crippen LogP contribution is 2.18. The van der Waals surface area contributed by atoms with Crippen LogP contribution in [0.25, 0.3) is 0 Å². The highest BCUT2D eigenvalue weighted by molar-refractivity contribution is 5.04. The van der Waals surface area contributed by atoms with Gasteiger partial charge < -0.3 is 5.11 Å². The van der Waals surface area contributed by atoms with E-state index in [1.807, 2.05) is 13.8 Å². The minimum absolute atomic E-state index is 0.208. The number of aliphatic hydroxyl groups excluding tert-OH is 1. The summed E-state index contributed by atoms with van der Waals surface area (Å²) >= 11 is 0. The van der Waals surface area contributed by atoms with Crippen molar-refractivity contribution in [1.29, 1.82) is 0 Å². The second kappa shape index (κ2) is 5.15. The summed E-state index contributed by atoms with van der Waals surface area (Å²) in [4.78, 5) is 0. The van der Waals surface area contributed by atoms with Crippen molar-refractivity contribution < 1.29 is 5.11 Å². The Labute approximate surface area is 75.8 Å². The Morgan fingerprint density at radius 2 is 1.92 bits per heavy atom. The molecule has 0 radical (unpaired) electrons. The molecule has 0 saturated carbocycles. The van der Waals surface area contributed by atoms with E-state index in [0.29, 0.717) is 0 Å². The lowest BCUT2D eigenvalue weighted by Gasteiger charge is -2.18. The SMILES string of the molecule is C=C(C)C(CC=C(C)C)C(C)O. The molecule has 12 heavy (non-hydrogen) atoms. The van der Waals surface area contributed by atoms with E-state index in [4.69, 9.17) is 0 Å². The fourth-order valence-electron chi connectivity index (χ4n) is 1.17. The van der Waals surface area contributed by atoms with Gasteiger partial charge in [0, 0.05) is 5.92 Å². The molecule has 0 aliphatic rings. The van der Waals surface area contributed by atoms with Crippen molar-refractivity contribution in [2.24, 2.45) is 5.92 Å². The van der Waals surface area contributed by atoms with Gasteiger partial charge in [-0.3, -0.25) is 0 Å². The predicted octanol–water partition coefficient (Wildman–Crippen LogP) is 2.92. The zero-order valence-corrected chi connectivity index (χ0v) is 8.59. The van der Waals surface area contributed by atoms with Crippen molar-refractivity contribution in [3.63, 3.8) is 0 Å². The molecule has 0 aliphatic heterocycles. The number of rotatable bonds is 4. The number of hydrogen-bond donors (Lipinski definition) is 1. The standard InChI is InChI=1S/C11H20O/c1-8(2)6-7-11(9(3)4)10(5)12/h6,10-12H,3,7H2,1-2,4-5H3. The van der Waals surface area contributed by atoms with Crippen LogP contribution >= 0.6 is 0 Å². The average molecular weight is 168 g/mol. The van der Waals surface area contributed by atoms with Gasteiger partial charge in [-0.1, -0.05) is 23.8 Å². The van der Waals surface area contributed by atoms with Gasteiger partial charge in [0.25, 0.3) is 0 Å². The first-order valence-electron chi connectivity index (χ1n) is 4.42. The molecule has 2 unspecified atom stereocenters. The van der Waals surface area contributed by atoms with Crippen molar-refractivity contribution in [3.05, 3.63) is 23.8 Å². The molecule has 0 saturated heterocycles. The van der Waals surface area contributed by atoms with Gasteiger partial charge in [0.15, 0.2) is 0 Å². The summed E-state index contributed by atoms with van der Waals surface area (Å²) in [5.41, 5.74) is 2.35. The molecule has 0 bridgehead atoms. The molecule has 0 spiro atoms. The van der Waals surface area contributed by atoms with Gasteiger partial charge in [0.05, 0.1) is 6.10 Å². The van der Waals surface area contributed by atoms with Crippen molar-refractivity contribution in [2.75, 3.05) is 0 Å². The molecule has 0 aliphatic carbocycles. The van der Waals surface area contributed by atoms with E-state index in [0.717, 1.165) is 12.0 Å². The molecule has 1 nitrogen and oxygen atoms in total. The molecule has 1 N–H and O–H groups in total. The fraction of sp³-hybridized carbons (Fsp3) is 0.636. The summed E-state index contributed by atoms with van der Waals surface area (Å²) in [6.07, 6.45) is 2.75. The number of aliphatic hydroxyl groups is 1. The highest BCUT2D eigenvalue weighted by atomic mass is 16.3. The topological polar surface area (TPSA) is 20.2 Å². The van der Waals surface area contributed by atoms with Crippen LogP contribution < -0.4 is 0 Å². The lowest BCUT2D eigenvalue weighted by atomic mass is 9.92. The number of hydrogen-bond acceptors (Lipinski definition) is 1. The third-order valence-corrected chi connectivity index (χ3v) is 2.00. The van der Waals surface area contributed by atoms with Crippen LogP contribution in [-0.2, 0) is 0 Å². The third kappa shape index (κ3) is 4.35. The maximum atomic E-state index is 9.41. The molecule has 0 aromatic heterocycles. The van der Waals surface area contributed by atoms with Gasteiger partial charge in [-0.2, -0.15) is 0 Å². The van der Waals surface area contributed by atoms with E-state index in [9.17, 15) is 5.11 Å². The van der Waals surface area contributed by atoms with Gasteiger partial charge in [-0.15, -0.1) is 0 Å². The quantitative estimate of drug-likeness (QED) is 0.640. The zero-order valence-electron chi connectivity index (χ0n) is 8.59. The van der Waals surface area contributed by atoms with Crippen LogP contribution in [0.5, 0.6) is 0 Å². The summed E-state index contributed by atoms with van der Waals surface area (Å²) in [6.45, 7) is 11.8.